The van der Waals surface area contributed by atoms with E-state index in [2.05, 4.69) is 4.98 Å². The number of hydrogen-bond donors (Lipinski definition) is 0. The molecular weight excluding hydrogens is 542 g/mol. The van der Waals surface area contributed by atoms with Gasteiger partial charge in [-0.25, -0.2) is 9.78 Å². The van der Waals surface area contributed by atoms with Crippen molar-refractivity contribution in [1.82, 2.24) is 14.8 Å². The molecule has 3 aromatic carbocycles. The van der Waals surface area contributed by atoms with E-state index in [9.17, 15) is 14.4 Å². The number of thiazole rings is 1. The van der Waals surface area contributed by atoms with Gasteiger partial charge in [-0.3, -0.25) is 14.5 Å². The molecule has 0 unspecified atom stereocenters. The van der Waals surface area contributed by atoms with Crippen LogP contribution in [0.2, 0.25) is 0 Å². The Morgan fingerprint density at radius 2 is 1.62 bits per heavy atom. The number of Topliss-reactive ketones (excluding diaryl/α,β-unsaturated/α-hetero) is 1. The van der Waals surface area contributed by atoms with Crippen LogP contribution in [0.15, 0.2) is 89.8 Å². The molecule has 0 N–H and O–H groups in total. The Labute approximate surface area is 241 Å². The van der Waals surface area contributed by atoms with E-state index < -0.39 is 18.2 Å². The number of carbonyl (C=O) groups is 3. The Balaban J connectivity index is 1.21. The molecule has 0 bridgehead atoms. The Hall–Kier alpha value is -3.69. The fourth-order valence-electron chi connectivity index (χ4n) is 5.43. The molecule has 0 radical (unpaired) electrons. The summed E-state index contributed by atoms with van der Waals surface area (Å²) >= 11 is 3.02. The van der Waals surface area contributed by atoms with Gasteiger partial charge in [0.05, 0.1) is 16.3 Å². The average molecular weight is 572 g/mol. The number of carbonyl (C=O) groups excluding carboxylic acids is 3. The molecule has 4 aromatic rings. The van der Waals surface area contributed by atoms with Crippen LogP contribution in [-0.2, 0) is 16.1 Å². The maximum Gasteiger partial charge on any atom is 0.410 e. The number of rotatable bonds is 7. The standard InChI is InChI=1S/C31H29N3O4S2/c35-28(29-32-24-14-7-8-16-27(24)40-29)25-15-9-17-33(25)30(36)26-18-23(39-22-12-5-2-6-13-22)19-34(26)31(37)38-20-21-10-3-1-4-11-21/h1-8,10-14,16,23,25-26H,9,15,17-20H2/t23-,25+,26+/m1/s1. The van der Waals surface area contributed by atoms with Gasteiger partial charge in [0, 0.05) is 23.2 Å². The smallest absolute Gasteiger partial charge is 0.410 e. The molecule has 3 heterocycles. The van der Waals surface area contributed by atoms with Crippen LogP contribution in [0.1, 0.15) is 34.6 Å². The first-order valence-corrected chi connectivity index (χ1v) is 15.2. The molecule has 7 nitrogen and oxygen atoms in total. The first-order valence-electron chi connectivity index (χ1n) is 13.5. The van der Waals surface area contributed by atoms with Crippen molar-refractivity contribution in [1.29, 1.82) is 0 Å². The van der Waals surface area contributed by atoms with Crippen molar-refractivity contribution in [3.63, 3.8) is 0 Å². The van der Waals surface area contributed by atoms with E-state index in [4.69, 9.17) is 4.74 Å². The molecule has 9 heteroatoms. The molecule has 2 fully saturated rings. The molecule has 2 saturated heterocycles. The van der Waals surface area contributed by atoms with Gasteiger partial charge >= 0.3 is 6.09 Å². The van der Waals surface area contributed by atoms with Crippen LogP contribution >= 0.6 is 23.1 Å². The number of aromatic nitrogens is 1. The second-order valence-electron chi connectivity index (χ2n) is 10.0. The summed E-state index contributed by atoms with van der Waals surface area (Å²) < 4.78 is 6.61. The molecular formula is C31H29N3O4S2. The third-order valence-electron chi connectivity index (χ3n) is 7.38. The predicted octanol–water partition coefficient (Wildman–Crippen LogP) is 6.04. The fraction of sp³-hybridized carbons (Fsp3) is 0.290. The Bertz CT molecular complexity index is 1480. The van der Waals surface area contributed by atoms with Gasteiger partial charge < -0.3 is 9.64 Å². The van der Waals surface area contributed by atoms with Gasteiger partial charge in [0.2, 0.25) is 11.7 Å². The number of fused-ring (bicyclic) bond motifs is 1. The van der Waals surface area contributed by atoms with Gasteiger partial charge in [0.25, 0.3) is 0 Å². The van der Waals surface area contributed by atoms with Crippen molar-refractivity contribution < 1.29 is 19.1 Å². The molecule has 0 aliphatic carbocycles. The number of hydrogen-bond acceptors (Lipinski definition) is 7. The number of likely N-dealkylation sites (tertiary alicyclic amines) is 2. The van der Waals surface area contributed by atoms with Crippen LogP contribution in [-0.4, -0.2) is 63.0 Å². The zero-order valence-corrected chi connectivity index (χ0v) is 23.5. The van der Waals surface area contributed by atoms with Crippen LogP contribution in [0.5, 0.6) is 0 Å². The van der Waals surface area contributed by atoms with Crippen LogP contribution in [0.3, 0.4) is 0 Å². The van der Waals surface area contributed by atoms with Crippen molar-refractivity contribution in [3.05, 3.63) is 95.5 Å². The van der Waals surface area contributed by atoms with Gasteiger partial charge in [-0.1, -0.05) is 60.7 Å². The minimum atomic E-state index is -0.687. The van der Waals surface area contributed by atoms with Crippen molar-refractivity contribution in [2.75, 3.05) is 13.1 Å². The van der Waals surface area contributed by atoms with Crippen LogP contribution in [0, 0.1) is 0 Å². The number of nitrogens with zero attached hydrogens (tertiary/aromatic N) is 3. The Kier molecular flexibility index (Phi) is 7.84. The average Bonchev–Trinajstić information content (AvgIpc) is 3.75. The largest absolute Gasteiger partial charge is 0.445 e. The van der Waals surface area contributed by atoms with E-state index >= 15 is 0 Å². The van der Waals surface area contributed by atoms with Gasteiger partial charge in [-0.15, -0.1) is 23.1 Å². The number of para-hydroxylation sites is 1. The maximum atomic E-state index is 14.1. The molecule has 2 aliphatic rings. The maximum absolute atomic E-state index is 14.1. The molecule has 0 spiro atoms. The third kappa shape index (κ3) is 5.62. The monoisotopic (exact) mass is 571 g/mol. The summed E-state index contributed by atoms with van der Waals surface area (Å²) in [6.07, 6.45) is 1.32. The predicted molar refractivity (Wildman–Crippen MR) is 157 cm³/mol. The molecule has 204 valence electrons. The van der Waals surface area contributed by atoms with E-state index in [-0.39, 0.29) is 23.5 Å². The third-order valence-corrected chi connectivity index (χ3v) is 9.65. The minimum Gasteiger partial charge on any atom is -0.445 e. The summed E-state index contributed by atoms with van der Waals surface area (Å²) in [7, 11) is 0. The zero-order valence-electron chi connectivity index (χ0n) is 21.8. The fourth-order valence-corrected chi connectivity index (χ4v) is 7.59. The molecule has 1 aromatic heterocycles. The molecule has 2 aliphatic heterocycles. The summed E-state index contributed by atoms with van der Waals surface area (Å²) in [5.41, 5.74) is 1.67. The lowest BCUT2D eigenvalue weighted by molar-refractivity contribution is -0.135. The van der Waals surface area contributed by atoms with Crippen molar-refractivity contribution >= 4 is 51.1 Å². The van der Waals surface area contributed by atoms with Gasteiger partial charge in [0.1, 0.15) is 12.6 Å². The number of amides is 2. The van der Waals surface area contributed by atoms with Crippen molar-refractivity contribution in [3.8, 4) is 0 Å². The van der Waals surface area contributed by atoms with Crippen LogP contribution < -0.4 is 0 Å². The lowest BCUT2D eigenvalue weighted by Crippen LogP contribution is -2.51. The number of ether oxygens (including phenoxy) is 1. The first kappa shape index (κ1) is 26.5. The quantitative estimate of drug-likeness (QED) is 0.252. The minimum absolute atomic E-state index is 0.0293. The summed E-state index contributed by atoms with van der Waals surface area (Å²) in [4.78, 5) is 49.8. The van der Waals surface area contributed by atoms with E-state index in [1.165, 1.54) is 11.3 Å². The normalized spacial score (nSPS) is 20.6. The highest BCUT2D eigenvalue weighted by Crippen LogP contribution is 2.36. The molecule has 6 rings (SSSR count). The zero-order chi connectivity index (χ0) is 27.5. The van der Waals surface area contributed by atoms with Gasteiger partial charge in [-0.05, 0) is 49.1 Å². The number of ketones is 1. The molecule has 2 amide bonds. The summed E-state index contributed by atoms with van der Waals surface area (Å²) in [6, 6.07) is 25.9. The van der Waals surface area contributed by atoms with Crippen LogP contribution in [0.4, 0.5) is 4.79 Å². The molecule has 3 atom stereocenters. The summed E-state index contributed by atoms with van der Waals surface area (Å²) in [6.45, 7) is 1.02. The molecule has 40 heavy (non-hydrogen) atoms. The van der Waals surface area contributed by atoms with E-state index in [1.807, 2.05) is 84.9 Å². The highest BCUT2D eigenvalue weighted by molar-refractivity contribution is 8.00. The second-order valence-corrected chi connectivity index (χ2v) is 12.4. The lowest BCUT2D eigenvalue weighted by Gasteiger charge is -2.30. The SMILES string of the molecule is O=C(c1nc2ccccc2s1)[C@@H]1CCCN1C(=O)[C@@H]1C[C@@H](Sc2ccccc2)CN1C(=O)OCc1ccccc1. The molecule has 0 saturated carbocycles. The van der Waals surface area contributed by atoms with E-state index in [0.717, 1.165) is 27.1 Å². The van der Waals surface area contributed by atoms with Crippen LogP contribution in [0.25, 0.3) is 10.2 Å². The van der Waals surface area contributed by atoms with Gasteiger partial charge in [0.15, 0.2) is 5.01 Å². The van der Waals surface area contributed by atoms with E-state index in [0.29, 0.717) is 30.9 Å². The first-order chi connectivity index (χ1) is 19.6. The van der Waals surface area contributed by atoms with Crippen molar-refractivity contribution in [2.45, 2.75) is 48.1 Å². The lowest BCUT2D eigenvalue weighted by atomic mass is 10.1. The number of thioether (sulfide) groups is 1. The van der Waals surface area contributed by atoms with Gasteiger partial charge in [-0.2, -0.15) is 0 Å². The second kappa shape index (κ2) is 11.8. The highest BCUT2D eigenvalue weighted by atomic mass is 32.2. The van der Waals surface area contributed by atoms with Crippen molar-refractivity contribution in [2.24, 2.45) is 0 Å². The Morgan fingerprint density at radius 1 is 0.900 bits per heavy atom. The Morgan fingerprint density at radius 3 is 2.40 bits per heavy atom. The number of benzene rings is 3. The highest BCUT2D eigenvalue weighted by Gasteiger charge is 2.46. The summed E-state index contributed by atoms with van der Waals surface area (Å²) in [5, 5.41) is 0.454. The van der Waals surface area contributed by atoms with E-state index in [1.54, 1.807) is 21.6 Å². The topological polar surface area (TPSA) is 79.8 Å². The summed E-state index contributed by atoms with van der Waals surface area (Å²) in [5.74, 6) is -0.316.